The van der Waals surface area contributed by atoms with Crippen LogP contribution in [0.15, 0.2) is 42.5 Å². The molecule has 0 radical (unpaired) electrons. The van der Waals surface area contributed by atoms with Gasteiger partial charge in [-0.15, -0.1) is 0 Å². The van der Waals surface area contributed by atoms with Crippen LogP contribution in [0, 0.1) is 5.82 Å². The molecule has 2 heterocycles. The first-order valence-corrected chi connectivity index (χ1v) is 10.2. The van der Waals surface area contributed by atoms with E-state index in [4.69, 9.17) is 9.47 Å². The zero-order chi connectivity index (χ0) is 20.4. The maximum Gasteiger partial charge on any atom is 0.273 e. The predicted molar refractivity (Wildman–Crippen MR) is 111 cm³/mol. The zero-order valence-electron chi connectivity index (χ0n) is 16.7. The molecule has 0 saturated heterocycles. The minimum atomic E-state index is -0.756. The quantitative estimate of drug-likeness (QED) is 0.549. The van der Waals surface area contributed by atoms with E-state index < -0.39 is 6.10 Å². The number of hydrogen-bond donors (Lipinski definition) is 0. The average Bonchev–Trinajstić information content (AvgIpc) is 3.13. The molecule has 0 bridgehead atoms. The first-order valence-electron chi connectivity index (χ1n) is 9.42. The molecule has 30 heavy (non-hydrogen) atoms. The number of para-hydroxylation sites is 2. The molecule has 1 aliphatic rings. The Morgan fingerprint density at radius 3 is 2.73 bits per heavy atom. The van der Waals surface area contributed by atoms with Crippen LogP contribution in [0.4, 0.5) is 9.52 Å². The summed E-state index contributed by atoms with van der Waals surface area (Å²) >= 11 is 1.30. The van der Waals surface area contributed by atoms with Crippen molar-refractivity contribution in [3.05, 3.63) is 48.3 Å². The van der Waals surface area contributed by atoms with E-state index in [0.717, 1.165) is 13.0 Å². The SMILES string of the molecule is CN(C)CCCN(C(=O)C1COc2ccccc2O1)c1nc2ccc(F)cc2s1.[Cl-]. The molecule has 1 aromatic heterocycles. The Morgan fingerprint density at radius 2 is 1.97 bits per heavy atom. The first kappa shape index (κ1) is 22.3. The molecule has 0 aliphatic carbocycles. The van der Waals surface area contributed by atoms with Crippen LogP contribution in [0.1, 0.15) is 6.42 Å². The van der Waals surface area contributed by atoms with Gasteiger partial charge in [0.05, 0.1) is 10.2 Å². The molecule has 4 rings (SSSR count). The number of amides is 1. The van der Waals surface area contributed by atoms with Crippen LogP contribution in [-0.2, 0) is 4.79 Å². The van der Waals surface area contributed by atoms with Gasteiger partial charge in [-0.1, -0.05) is 23.5 Å². The third kappa shape index (κ3) is 4.83. The van der Waals surface area contributed by atoms with Crippen molar-refractivity contribution in [2.24, 2.45) is 0 Å². The largest absolute Gasteiger partial charge is 1.00 e. The van der Waals surface area contributed by atoms with E-state index in [2.05, 4.69) is 9.88 Å². The molecule has 0 fully saturated rings. The van der Waals surface area contributed by atoms with Crippen molar-refractivity contribution >= 4 is 32.6 Å². The third-order valence-electron chi connectivity index (χ3n) is 4.61. The Labute approximate surface area is 184 Å². The molecule has 2 aromatic carbocycles. The Hall–Kier alpha value is -2.42. The lowest BCUT2D eigenvalue weighted by Crippen LogP contribution is -3.00. The van der Waals surface area contributed by atoms with Crippen LogP contribution in [0.25, 0.3) is 10.2 Å². The summed E-state index contributed by atoms with van der Waals surface area (Å²) in [5, 5.41) is 0.539. The fraction of sp³-hybridized carbons (Fsp3) is 0.333. The maximum absolute atomic E-state index is 13.6. The van der Waals surface area contributed by atoms with E-state index in [1.165, 1.54) is 23.5 Å². The van der Waals surface area contributed by atoms with Gasteiger partial charge in [0.1, 0.15) is 12.4 Å². The second-order valence-corrected chi connectivity index (χ2v) is 8.13. The van der Waals surface area contributed by atoms with E-state index in [1.54, 1.807) is 17.0 Å². The number of rotatable bonds is 6. The highest BCUT2D eigenvalue weighted by Gasteiger charge is 2.33. The van der Waals surface area contributed by atoms with E-state index >= 15 is 0 Å². The van der Waals surface area contributed by atoms with Crippen molar-refractivity contribution in [3.63, 3.8) is 0 Å². The number of halogens is 2. The zero-order valence-corrected chi connectivity index (χ0v) is 18.3. The molecule has 1 atom stereocenters. The van der Waals surface area contributed by atoms with Gasteiger partial charge < -0.3 is 26.8 Å². The Bertz CT molecular complexity index is 1030. The van der Waals surface area contributed by atoms with Gasteiger partial charge in [-0.05, 0) is 57.4 Å². The van der Waals surface area contributed by atoms with E-state index in [1.807, 2.05) is 32.3 Å². The minimum Gasteiger partial charge on any atom is -1.00 e. The van der Waals surface area contributed by atoms with Crippen molar-refractivity contribution in [1.82, 2.24) is 9.88 Å². The number of anilines is 1. The van der Waals surface area contributed by atoms with Crippen molar-refractivity contribution in [2.75, 3.05) is 38.7 Å². The van der Waals surface area contributed by atoms with Gasteiger partial charge in [0, 0.05) is 6.54 Å². The summed E-state index contributed by atoms with van der Waals surface area (Å²) in [5.41, 5.74) is 0.669. The number of nitrogens with zero attached hydrogens (tertiary/aromatic N) is 3. The molecule has 3 aromatic rings. The van der Waals surface area contributed by atoms with Crippen molar-refractivity contribution < 1.29 is 31.1 Å². The molecule has 6 nitrogen and oxygen atoms in total. The molecule has 0 saturated carbocycles. The summed E-state index contributed by atoms with van der Waals surface area (Å²) in [4.78, 5) is 21.6. The molecule has 1 aliphatic heterocycles. The second-order valence-electron chi connectivity index (χ2n) is 7.12. The molecule has 160 valence electrons. The number of carbonyl (C=O) groups is 1. The lowest BCUT2D eigenvalue weighted by molar-refractivity contribution is -0.127. The number of ether oxygens (including phenoxy) is 2. The van der Waals surface area contributed by atoms with E-state index in [-0.39, 0.29) is 30.7 Å². The monoisotopic (exact) mass is 450 g/mol. The summed E-state index contributed by atoms with van der Waals surface area (Å²) in [6.07, 6.45) is 0.0145. The molecular formula is C21H22ClFN3O3S-. The summed E-state index contributed by atoms with van der Waals surface area (Å²) < 4.78 is 25.9. The van der Waals surface area contributed by atoms with Gasteiger partial charge >= 0.3 is 0 Å². The average molecular weight is 451 g/mol. The number of aromatic nitrogens is 1. The van der Waals surface area contributed by atoms with Crippen LogP contribution in [-0.4, -0.2) is 55.7 Å². The number of fused-ring (bicyclic) bond motifs is 2. The van der Waals surface area contributed by atoms with Crippen molar-refractivity contribution in [2.45, 2.75) is 12.5 Å². The fourth-order valence-electron chi connectivity index (χ4n) is 3.16. The predicted octanol–water partition coefficient (Wildman–Crippen LogP) is 0.564. The van der Waals surface area contributed by atoms with Crippen LogP contribution < -0.4 is 26.8 Å². The number of carbonyl (C=O) groups excluding carboxylic acids is 1. The first-order chi connectivity index (χ1) is 14.0. The highest BCUT2D eigenvalue weighted by Crippen LogP contribution is 2.33. The second kappa shape index (κ2) is 9.59. The molecule has 9 heteroatoms. The number of hydrogen-bond acceptors (Lipinski definition) is 6. The summed E-state index contributed by atoms with van der Waals surface area (Å²) in [5.74, 6) is 0.652. The molecule has 0 N–H and O–H groups in total. The molecular weight excluding hydrogens is 429 g/mol. The van der Waals surface area contributed by atoms with Crippen LogP contribution >= 0.6 is 11.3 Å². The van der Waals surface area contributed by atoms with Crippen LogP contribution in [0.3, 0.4) is 0 Å². The molecule has 1 amide bonds. The van der Waals surface area contributed by atoms with Gasteiger partial charge in [0.2, 0.25) is 6.10 Å². The summed E-state index contributed by atoms with van der Waals surface area (Å²) in [6.45, 7) is 1.45. The van der Waals surface area contributed by atoms with E-state index in [9.17, 15) is 9.18 Å². The Morgan fingerprint density at radius 1 is 1.20 bits per heavy atom. The Balaban J connectivity index is 0.00000256. The topological polar surface area (TPSA) is 54.9 Å². The lowest BCUT2D eigenvalue weighted by atomic mass is 10.2. The highest BCUT2D eigenvalue weighted by atomic mass is 35.5. The minimum absolute atomic E-state index is 0. The number of thiazole rings is 1. The van der Waals surface area contributed by atoms with Gasteiger partial charge in [-0.25, -0.2) is 9.37 Å². The van der Waals surface area contributed by atoms with Crippen LogP contribution in [0.5, 0.6) is 11.5 Å². The lowest BCUT2D eigenvalue weighted by Gasteiger charge is -2.29. The third-order valence-corrected chi connectivity index (χ3v) is 5.65. The maximum atomic E-state index is 13.6. The summed E-state index contributed by atoms with van der Waals surface area (Å²) in [7, 11) is 3.98. The highest BCUT2D eigenvalue weighted by molar-refractivity contribution is 7.22. The van der Waals surface area contributed by atoms with Crippen molar-refractivity contribution in [1.29, 1.82) is 0 Å². The van der Waals surface area contributed by atoms with Gasteiger partial charge in [-0.2, -0.15) is 0 Å². The molecule has 1 unspecified atom stereocenters. The molecule has 0 spiro atoms. The number of benzene rings is 2. The normalized spacial score (nSPS) is 15.1. The summed E-state index contributed by atoms with van der Waals surface area (Å²) in [6, 6.07) is 11.7. The van der Waals surface area contributed by atoms with Gasteiger partial charge in [0.15, 0.2) is 16.6 Å². The van der Waals surface area contributed by atoms with Crippen molar-refractivity contribution in [3.8, 4) is 11.5 Å². The van der Waals surface area contributed by atoms with Gasteiger partial charge in [-0.3, -0.25) is 9.69 Å². The standard InChI is InChI=1S/C21H22FN3O3S.ClH/c1-24(2)10-5-11-25(21-23-15-9-8-14(22)12-19(15)29-21)20(26)18-13-27-16-6-3-4-7-17(16)28-18;/h3-4,6-9,12,18H,5,10-11,13H2,1-2H3;1H/p-1. The van der Waals surface area contributed by atoms with Gasteiger partial charge in [0.25, 0.3) is 5.91 Å². The van der Waals surface area contributed by atoms with Crippen LogP contribution in [0.2, 0.25) is 0 Å². The Kier molecular flexibility index (Phi) is 7.12. The smallest absolute Gasteiger partial charge is 0.273 e. The fourth-order valence-corrected chi connectivity index (χ4v) is 4.18. The van der Waals surface area contributed by atoms with E-state index in [0.29, 0.717) is 33.4 Å².